The van der Waals surface area contributed by atoms with Gasteiger partial charge in [0, 0.05) is 12.2 Å². The number of hydrogen-bond acceptors (Lipinski definition) is 3. The summed E-state index contributed by atoms with van der Waals surface area (Å²) in [6, 6.07) is 17.1. The number of rotatable bonds is 5. The molecule has 106 valence electrons. The molecule has 0 bridgehead atoms. The van der Waals surface area contributed by atoms with Crippen molar-refractivity contribution in [2.75, 3.05) is 11.4 Å². The number of carboxylic acids is 1. The van der Waals surface area contributed by atoms with Crippen LogP contribution in [0.15, 0.2) is 48.5 Å². The Kier molecular flexibility index (Phi) is 4.57. The first kappa shape index (κ1) is 14.6. The summed E-state index contributed by atoms with van der Waals surface area (Å²) in [6.45, 7) is 2.26. The van der Waals surface area contributed by atoms with E-state index >= 15 is 0 Å². The van der Waals surface area contributed by atoms with E-state index in [1.54, 1.807) is 17.0 Å². The molecule has 0 fully saturated rings. The summed E-state index contributed by atoms with van der Waals surface area (Å²) in [6.07, 6.45) is 0. The van der Waals surface area contributed by atoms with Crippen molar-refractivity contribution in [3.8, 4) is 6.07 Å². The molecule has 0 amide bonds. The van der Waals surface area contributed by atoms with Gasteiger partial charge in [0.25, 0.3) is 0 Å². The maximum Gasteiger partial charge on any atom is 0.323 e. The zero-order chi connectivity index (χ0) is 15.2. The van der Waals surface area contributed by atoms with Gasteiger partial charge in [0.2, 0.25) is 0 Å². The van der Waals surface area contributed by atoms with Crippen LogP contribution in [0.3, 0.4) is 0 Å². The fourth-order valence-electron chi connectivity index (χ4n) is 2.13. The zero-order valence-electron chi connectivity index (χ0n) is 11.8. The molecular formula is C17H16N2O2. The van der Waals surface area contributed by atoms with Crippen molar-refractivity contribution in [3.63, 3.8) is 0 Å². The van der Waals surface area contributed by atoms with Gasteiger partial charge in [-0.25, -0.2) is 0 Å². The summed E-state index contributed by atoms with van der Waals surface area (Å²) in [7, 11) is 0. The summed E-state index contributed by atoms with van der Waals surface area (Å²) in [5.74, 6) is -0.898. The number of anilines is 1. The summed E-state index contributed by atoms with van der Waals surface area (Å²) >= 11 is 0. The molecule has 0 aliphatic carbocycles. The largest absolute Gasteiger partial charge is 0.480 e. The van der Waals surface area contributed by atoms with Gasteiger partial charge in [0.1, 0.15) is 6.54 Å². The Bertz CT molecular complexity index is 672. The number of benzene rings is 2. The molecule has 4 nitrogen and oxygen atoms in total. The number of aryl methyl sites for hydroxylation is 1. The minimum absolute atomic E-state index is 0.108. The third kappa shape index (κ3) is 3.83. The molecule has 2 aromatic carbocycles. The molecule has 0 heterocycles. The monoisotopic (exact) mass is 280 g/mol. The quantitative estimate of drug-likeness (QED) is 0.914. The smallest absolute Gasteiger partial charge is 0.323 e. The molecule has 0 unspecified atom stereocenters. The average molecular weight is 280 g/mol. The molecule has 0 saturated carbocycles. The Morgan fingerprint density at radius 3 is 2.48 bits per heavy atom. The SMILES string of the molecule is Cc1ccc(N(CC(=O)O)Cc2ccccc2C#N)cc1. The zero-order valence-corrected chi connectivity index (χ0v) is 11.8. The van der Waals surface area contributed by atoms with Gasteiger partial charge in [0.15, 0.2) is 0 Å². The molecule has 0 atom stereocenters. The number of aliphatic carboxylic acids is 1. The van der Waals surface area contributed by atoms with Crippen LogP contribution in [0.1, 0.15) is 16.7 Å². The lowest BCUT2D eigenvalue weighted by Crippen LogP contribution is -2.29. The molecule has 0 radical (unpaired) electrons. The molecule has 4 heteroatoms. The molecular weight excluding hydrogens is 264 g/mol. The van der Waals surface area contributed by atoms with E-state index in [1.165, 1.54) is 0 Å². The normalized spacial score (nSPS) is 9.90. The second-order valence-electron chi connectivity index (χ2n) is 4.85. The van der Waals surface area contributed by atoms with E-state index in [4.69, 9.17) is 10.4 Å². The van der Waals surface area contributed by atoms with Crippen LogP contribution in [0.25, 0.3) is 0 Å². The van der Waals surface area contributed by atoms with E-state index in [0.717, 1.165) is 16.8 Å². The van der Waals surface area contributed by atoms with Gasteiger partial charge in [-0.05, 0) is 30.7 Å². The lowest BCUT2D eigenvalue weighted by atomic mass is 10.1. The van der Waals surface area contributed by atoms with E-state index in [-0.39, 0.29) is 6.54 Å². The lowest BCUT2D eigenvalue weighted by molar-refractivity contribution is -0.135. The molecule has 2 aromatic rings. The van der Waals surface area contributed by atoms with Crippen LogP contribution in [0.5, 0.6) is 0 Å². The predicted molar refractivity (Wildman–Crippen MR) is 81.0 cm³/mol. The predicted octanol–water partition coefficient (Wildman–Crippen LogP) is 2.96. The van der Waals surface area contributed by atoms with E-state index < -0.39 is 5.97 Å². The van der Waals surface area contributed by atoms with Crippen LogP contribution in [0, 0.1) is 18.3 Å². The maximum absolute atomic E-state index is 11.1. The molecule has 2 rings (SSSR count). The van der Waals surface area contributed by atoms with Crippen LogP contribution < -0.4 is 4.90 Å². The molecule has 0 aliphatic heterocycles. The first-order chi connectivity index (χ1) is 10.1. The highest BCUT2D eigenvalue weighted by Crippen LogP contribution is 2.19. The van der Waals surface area contributed by atoms with Crippen molar-refractivity contribution < 1.29 is 9.90 Å². The topological polar surface area (TPSA) is 64.3 Å². The number of hydrogen-bond donors (Lipinski definition) is 1. The van der Waals surface area contributed by atoms with Crippen LogP contribution in [0.4, 0.5) is 5.69 Å². The van der Waals surface area contributed by atoms with Gasteiger partial charge in [0.05, 0.1) is 11.6 Å². The lowest BCUT2D eigenvalue weighted by Gasteiger charge is -2.23. The fraction of sp³-hybridized carbons (Fsp3) is 0.176. The van der Waals surface area contributed by atoms with Gasteiger partial charge in [-0.2, -0.15) is 5.26 Å². The summed E-state index contributed by atoms with van der Waals surface area (Å²) in [5.41, 5.74) is 3.34. The highest BCUT2D eigenvalue weighted by molar-refractivity contribution is 5.73. The van der Waals surface area contributed by atoms with E-state index in [9.17, 15) is 4.79 Å². The van der Waals surface area contributed by atoms with Crippen molar-refractivity contribution in [1.82, 2.24) is 0 Å². The molecule has 0 aromatic heterocycles. The summed E-state index contributed by atoms with van der Waals surface area (Å²) in [5, 5.41) is 18.2. The van der Waals surface area contributed by atoms with E-state index in [1.807, 2.05) is 43.3 Å². The molecule has 21 heavy (non-hydrogen) atoms. The highest BCUT2D eigenvalue weighted by atomic mass is 16.4. The minimum atomic E-state index is -0.898. The van der Waals surface area contributed by atoms with Gasteiger partial charge < -0.3 is 10.0 Å². The van der Waals surface area contributed by atoms with Crippen molar-refractivity contribution in [2.45, 2.75) is 13.5 Å². The van der Waals surface area contributed by atoms with Gasteiger partial charge in [-0.15, -0.1) is 0 Å². The highest BCUT2D eigenvalue weighted by Gasteiger charge is 2.13. The Morgan fingerprint density at radius 1 is 1.19 bits per heavy atom. The van der Waals surface area contributed by atoms with Crippen LogP contribution in [-0.2, 0) is 11.3 Å². The Labute approximate surface area is 123 Å². The van der Waals surface area contributed by atoms with Crippen LogP contribution in [0.2, 0.25) is 0 Å². The van der Waals surface area contributed by atoms with Gasteiger partial charge in [-0.3, -0.25) is 4.79 Å². The maximum atomic E-state index is 11.1. The molecule has 1 N–H and O–H groups in total. The van der Waals surface area contributed by atoms with E-state index in [2.05, 4.69) is 6.07 Å². The second kappa shape index (κ2) is 6.58. The number of nitrogens with zero attached hydrogens (tertiary/aromatic N) is 2. The Morgan fingerprint density at radius 2 is 1.86 bits per heavy atom. The third-order valence-electron chi connectivity index (χ3n) is 3.22. The number of nitriles is 1. The van der Waals surface area contributed by atoms with Crippen LogP contribution >= 0.6 is 0 Å². The second-order valence-corrected chi connectivity index (χ2v) is 4.85. The first-order valence-corrected chi connectivity index (χ1v) is 6.61. The Hall–Kier alpha value is -2.80. The third-order valence-corrected chi connectivity index (χ3v) is 3.22. The van der Waals surface area contributed by atoms with Crippen LogP contribution in [-0.4, -0.2) is 17.6 Å². The number of carboxylic acid groups (broad SMARTS) is 1. The fourth-order valence-corrected chi connectivity index (χ4v) is 2.13. The number of carbonyl (C=O) groups is 1. The summed E-state index contributed by atoms with van der Waals surface area (Å²) in [4.78, 5) is 12.8. The minimum Gasteiger partial charge on any atom is -0.480 e. The van der Waals surface area contributed by atoms with Gasteiger partial charge in [-0.1, -0.05) is 35.9 Å². The van der Waals surface area contributed by atoms with Crippen molar-refractivity contribution in [2.24, 2.45) is 0 Å². The van der Waals surface area contributed by atoms with Gasteiger partial charge >= 0.3 is 5.97 Å². The van der Waals surface area contributed by atoms with Crippen molar-refractivity contribution in [1.29, 1.82) is 5.26 Å². The first-order valence-electron chi connectivity index (χ1n) is 6.61. The molecule has 0 saturated heterocycles. The van der Waals surface area contributed by atoms with Crippen molar-refractivity contribution in [3.05, 3.63) is 65.2 Å². The van der Waals surface area contributed by atoms with Crippen molar-refractivity contribution >= 4 is 11.7 Å². The average Bonchev–Trinajstić information content (AvgIpc) is 2.47. The molecule has 0 spiro atoms. The molecule has 0 aliphatic rings. The standard InChI is InChI=1S/C17H16N2O2/c1-13-6-8-16(9-7-13)19(12-17(20)21)11-15-5-3-2-4-14(15)10-18/h2-9H,11-12H2,1H3,(H,20,21). The van der Waals surface area contributed by atoms with E-state index in [0.29, 0.717) is 12.1 Å². The Balaban J connectivity index is 2.30. The summed E-state index contributed by atoms with van der Waals surface area (Å²) < 4.78 is 0.